The van der Waals surface area contributed by atoms with Crippen LogP contribution in [0.25, 0.3) is 0 Å². The highest BCUT2D eigenvalue weighted by molar-refractivity contribution is 9.10. The van der Waals surface area contributed by atoms with Gasteiger partial charge in [0.15, 0.2) is 0 Å². The van der Waals surface area contributed by atoms with Crippen molar-refractivity contribution in [3.63, 3.8) is 0 Å². The van der Waals surface area contributed by atoms with E-state index in [0.717, 1.165) is 19.9 Å². The second kappa shape index (κ2) is 12.6. The Bertz CT molecular complexity index is 1510. The van der Waals surface area contributed by atoms with E-state index < -0.39 is 22.5 Å². The molecule has 0 aliphatic rings. The van der Waals surface area contributed by atoms with Crippen molar-refractivity contribution in [3.8, 4) is 11.5 Å². The molecular weight excluding hydrogens is 566 g/mol. The molecule has 0 atom stereocenters. The number of hydrogen-bond donors (Lipinski definition) is 1. The van der Waals surface area contributed by atoms with Gasteiger partial charge in [0.05, 0.1) is 17.7 Å². The molecule has 1 N–H and O–H groups in total. The van der Waals surface area contributed by atoms with E-state index in [-0.39, 0.29) is 11.4 Å². The Labute approximate surface area is 231 Å². The van der Waals surface area contributed by atoms with Crippen LogP contribution in [0.5, 0.6) is 11.5 Å². The standard InChI is InChI=1S/C29H26BrN3O4S/c1-22-10-12-23(13-11-22)20-33(38(35,36)28-16-14-25(30)15-17-28)21-29(34)32-31-19-24-6-5-9-27(18-24)37-26-7-3-2-4-8-26/h2-19H,20-21H2,1H3,(H,32,34)/b31-19-. The largest absolute Gasteiger partial charge is 0.457 e. The van der Waals surface area contributed by atoms with E-state index in [1.807, 2.05) is 79.7 Å². The van der Waals surface area contributed by atoms with Crippen LogP contribution in [0.3, 0.4) is 0 Å². The second-order valence-electron chi connectivity index (χ2n) is 8.49. The van der Waals surface area contributed by atoms with E-state index in [2.05, 4.69) is 26.5 Å². The lowest BCUT2D eigenvalue weighted by atomic mass is 10.1. The van der Waals surface area contributed by atoms with Crippen molar-refractivity contribution < 1.29 is 17.9 Å². The fraction of sp³-hybridized carbons (Fsp3) is 0.103. The molecule has 0 bridgehead atoms. The maximum absolute atomic E-state index is 13.4. The molecule has 0 spiro atoms. The molecule has 4 aromatic rings. The van der Waals surface area contributed by atoms with Gasteiger partial charge in [-0.2, -0.15) is 9.41 Å². The SMILES string of the molecule is Cc1ccc(CN(CC(=O)N/N=C\c2cccc(Oc3ccccc3)c2)S(=O)(=O)c2ccc(Br)cc2)cc1. The van der Waals surface area contributed by atoms with Crippen LogP contribution in [0.15, 0.2) is 118 Å². The third kappa shape index (κ3) is 7.61. The Morgan fingerprint density at radius 3 is 2.32 bits per heavy atom. The van der Waals surface area contributed by atoms with Crippen molar-refractivity contribution in [2.75, 3.05) is 6.54 Å². The van der Waals surface area contributed by atoms with Gasteiger partial charge in [-0.25, -0.2) is 13.8 Å². The van der Waals surface area contributed by atoms with Crippen LogP contribution in [0.1, 0.15) is 16.7 Å². The summed E-state index contributed by atoms with van der Waals surface area (Å²) in [4.78, 5) is 12.9. The van der Waals surface area contributed by atoms with Crippen LogP contribution >= 0.6 is 15.9 Å². The van der Waals surface area contributed by atoms with Crippen molar-refractivity contribution in [2.24, 2.45) is 5.10 Å². The first-order valence-electron chi connectivity index (χ1n) is 11.8. The van der Waals surface area contributed by atoms with Gasteiger partial charge in [0.25, 0.3) is 5.91 Å². The molecule has 4 aromatic carbocycles. The van der Waals surface area contributed by atoms with Crippen molar-refractivity contribution in [3.05, 3.63) is 124 Å². The highest BCUT2D eigenvalue weighted by Gasteiger charge is 2.27. The third-order valence-electron chi connectivity index (χ3n) is 5.49. The molecule has 0 saturated heterocycles. The summed E-state index contributed by atoms with van der Waals surface area (Å²) in [5.41, 5.74) is 4.96. The maximum atomic E-state index is 13.4. The number of aryl methyl sites for hydroxylation is 1. The minimum atomic E-state index is -3.95. The number of sulfonamides is 1. The Kier molecular flexibility index (Phi) is 9.06. The van der Waals surface area contributed by atoms with Gasteiger partial charge in [0, 0.05) is 11.0 Å². The molecule has 38 heavy (non-hydrogen) atoms. The predicted octanol–water partition coefficient (Wildman–Crippen LogP) is 5.89. The number of nitrogens with zero attached hydrogens (tertiary/aromatic N) is 2. The van der Waals surface area contributed by atoms with E-state index in [1.165, 1.54) is 18.3 Å². The van der Waals surface area contributed by atoms with Gasteiger partial charge in [-0.15, -0.1) is 0 Å². The van der Waals surface area contributed by atoms with Gasteiger partial charge in [0.1, 0.15) is 11.5 Å². The lowest BCUT2D eigenvalue weighted by molar-refractivity contribution is -0.121. The minimum absolute atomic E-state index is 0.0364. The molecule has 0 aromatic heterocycles. The van der Waals surface area contributed by atoms with Crippen LogP contribution in [0, 0.1) is 6.92 Å². The van der Waals surface area contributed by atoms with Gasteiger partial charge in [0.2, 0.25) is 10.0 Å². The van der Waals surface area contributed by atoms with E-state index in [1.54, 1.807) is 18.2 Å². The first kappa shape index (κ1) is 27.3. The molecule has 0 heterocycles. The molecule has 4 rings (SSSR count). The lowest BCUT2D eigenvalue weighted by Crippen LogP contribution is -2.39. The zero-order chi connectivity index (χ0) is 27.0. The van der Waals surface area contributed by atoms with E-state index in [4.69, 9.17) is 4.74 Å². The molecule has 9 heteroatoms. The highest BCUT2D eigenvalue weighted by atomic mass is 79.9. The molecule has 7 nitrogen and oxygen atoms in total. The van der Waals surface area contributed by atoms with E-state index in [0.29, 0.717) is 17.1 Å². The van der Waals surface area contributed by atoms with Crippen LogP contribution in [-0.2, 0) is 21.4 Å². The van der Waals surface area contributed by atoms with E-state index in [9.17, 15) is 13.2 Å². The number of benzene rings is 4. The van der Waals surface area contributed by atoms with E-state index >= 15 is 0 Å². The van der Waals surface area contributed by atoms with Crippen LogP contribution in [-0.4, -0.2) is 31.4 Å². The summed E-state index contributed by atoms with van der Waals surface area (Å²) >= 11 is 3.32. The summed E-state index contributed by atoms with van der Waals surface area (Å²) in [6.07, 6.45) is 1.48. The number of hydrazone groups is 1. The summed E-state index contributed by atoms with van der Waals surface area (Å²) < 4.78 is 34.5. The number of halogens is 1. The Morgan fingerprint density at radius 2 is 1.61 bits per heavy atom. The summed E-state index contributed by atoms with van der Waals surface area (Å²) in [6, 6.07) is 30.4. The van der Waals surface area contributed by atoms with Crippen LogP contribution < -0.4 is 10.2 Å². The lowest BCUT2D eigenvalue weighted by Gasteiger charge is -2.21. The van der Waals surface area contributed by atoms with Crippen molar-refractivity contribution >= 4 is 38.1 Å². The Balaban J connectivity index is 1.45. The Morgan fingerprint density at radius 1 is 0.921 bits per heavy atom. The van der Waals surface area contributed by atoms with Gasteiger partial charge in [-0.1, -0.05) is 76.1 Å². The number of hydrogen-bond acceptors (Lipinski definition) is 5. The Hall–Kier alpha value is -3.79. The van der Waals surface area contributed by atoms with Crippen molar-refractivity contribution in [2.45, 2.75) is 18.4 Å². The summed E-state index contributed by atoms with van der Waals surface area (Å²) in [6.45, 7) is 1.59. The zero-order valence-corrected chi connectivity index (χ0v) is 23.0. The van der Waals surface area contributed by atoms with Crippen molar-refractivity contribution in [1.29, 1.82) is 0 Å². The molecule has 0 fully saturated rings. The molecular formula is C29H26BrN3O4S. The molecule has 0 aliphatic carbocycles. The average molecular weight is 593 g/mol. The second-order valence-corrected chi connectivity index (χ2v) is 11.3. The molecule has 0 saturated carbocycles. The quantitative estimate of drug-likeness (QED) is 0.184. The number of para-hydroxylation sites is 1. The van der Waals surface area contributed by atoms with Gasteiger partial charge >= 0.3 is 0 Å². The summed E-state index contributed by atoms with van der Waals surface area (Å²) in [5, 5.41) is 4.02. The zero-order valence-electron chi connectivity index (χ0n) is 20.6. The smallest absolute Gasteiger partial charge is 0.255 e. The fourth-order valence-corrected chi connectivity index (χ4v) is 5.18. The molecule has 0 aliphatic heterocycles. The first-order chi connectivity index (χ1) is 18.3. The van der Waals surface area contributed by atoms with Crippen molar-refractivity contribution in [1.82, 2.24) is 9.73 Å². The first-order valence-corrected chi connectivity index (χ1v) is 14.0. The average Bonchev–Trinajstić information content (AvgIpc) is 2.90. The number of rotatable bonds is 10. The number of ether oxygens (including phenoxy) is 1. The minimum Gasteiger partial charge on any atom is -0.457 e. The molecule has 1 amide bonds. The monoisotopic (exact) mass is 591 g/mol. The number of carbonyl (C=O) groups is 1. The normalized spacial score (nSPS) is 11.6. The van der Waals surface area contributed by atoms with Gasteiger partial charge in [-0.3, -0.25) is 4.79 Å². The molecule has 0 radical (unpaired) electrons. The van der Waals surface area contributed by atoms with Gasteiger partial charge in [-0.05, 0) is 66.6 Å². The number of nitrogens with one attached hydrogen (secondary N) is 1. The predicted molar refractivity (Wildman–Crippen MR) is 152 cm³/mol. The fourth-order valence-electron chi connectivity index (χ4n) is 3.54. The number of carbonyl (C=O) groups excluding carboxylic acids is 1. The van der Waals surface area contributed by atoms with Crippen LogP contribution in [0.2, 0.25) is 0 Å². The summed E-state index contributed by atoms with van der Waals surface area (Å²) in [7, 11) is -3.95. The topological polar surface area (TPSA) is 88.1 Å². The molecule has 0 unspecified atom stereocenters. The highest BCUT2D eigenvalue weighted by Crippen LogP contribution is 2.22. The van der Waals surface area contributed by atoms with Gasteiger partial charge < -0.3 is 4.74 Å². The molecule has 194 valence electrons. The maximum Gasteiger partial charge on any atom is 0.255 e. The van der Waals surface area contributed by atoms with Crippen LogP contribution in [0.4, 0.5) is 0 Å². The number of amides is 1. The summed E-state index contributed by atoms with van der Waals surface area (Å²) in [5.74, 6) is 0.762. The third-order valence-corrected chi connectivity index (χ3v) is 7.83.